The Kier molecular flexibility index (Phi) is 6.77. The number of rotatable bonds is 7. The van der Waals surface area contributed by atoms with E-state index in [0.29, 0.717) is 6.54 Å². The molecule has 0 radical (unpaired) electrons. The Morgan fingerprint density at radius 3 is 2.46 bits per heavy atom. The number of benzene rings is 1. The first-order valence-corrected chi connectivity index (χ1v) is 8.66. The van der Waals surface area contributed by atoms with Gasteiger partial charge in [0.15, 0.2) is 0 Å². The second-order valence-electron chi connectivity index (χ2n) is 6.90. The van der Waals surface area contributed by atoms with Crippen LogP contribution in [0.3, 0.4) is 0 Å². The van der Waals surface area contributed by atoms with Gasteiger partial charge in [0.1, 0.15) is 5.60 Å². The Morgan fingerprint density at radius 2 is 1.85 bits per heavy atom. The topological polar surface area (TPSA) is 85.2 Å². The largest absolute Gasteiger partial charge is 0.444 e. The second kappa shape index (κ2) is 9.03. The molecule has 0 saturated carbocycles. The Balaban J connectivity index is 1.63. The number of hydrogen-bond acceptors (Lipinski definition) is 4. The predicted octanol–water partition coefficient (Wildman–Crippen LogP) is 2.45. The normalized spacial score (nSPS) is 11.0. The SMILES string of the molecule is CC(C)(C)OC(=O)NCCC(=O)NCCc1ccc(-n2cccn2)cc1. The molecule has 0 bridgehead atoms. The smallest absolute Gasteiger partial charge is 0.407 e. The third kappa shape index (κ3) is 6.96. The summed E-state index contributed by atoms with van der Waals surface area (Å²) in [4.78, 5) is 23.3. The Hall–Kier alpha value is -2.83. The molecule has 0 atom stereocenters. The van der Waals surface area contributed by atoms with Crippen LogP contribution in [-0.2, 0) is 16.0 Å². The fourth-order valence-electron chi connectivity index (χ4n) is 2.26. The molecule has 1 heterocycles. The van der Waals surface area contributed by atoms with Crippen molar-refractivity contribution in [3.63, 3.8) is 0 Å². The van der Waals surface area contributed by atoms with Crippen molar-refractivity contribution in [1.82, 2.24) is 20.4 Å². The summed E-state index contributed by atoms with van der Waals surface area (Å²) in [6.45, 7) is 6.17. The number of nitrogens with zero attached hydrogens (tertiary/aromatic N) is 2. The van der Waals surface area contributed by atoms with Crippen molar-refractivity contribution < 1.29 is 14.3 Å². The zero-order chi connectivity index (χ0) is 19.0. The van der Waals surface area contributed by atoms with Crippen LogP contribution >= 0.6 is 0 Å². The fraction of sp³-hybridized carbons (Fsp3) is 0.421. The maximum Gasteiger partial charge on any atom is 0.407 e. The summed E-state index contributed by atoms with van der Waals surface area (Å²) in [6.07, 6.45) is 4.08. The molecule has 140 valence electrons. The maximum atomic E-state index is 11.8. The minimum absolute atomic E-state index is 0.103. The lowest BCUT2D eigenvalue weighted by Crippen LogP contribution is -2.35. The standard InChI is InChI=1S/C19H26N4O3/c1-19(2,3)26-18(25)21-13-10-17(24)20-12-9-15-5-7-16(8-6-15)23-14-4-11-22-23/h4-8,11,14H,9-10,12-13H2,1-3H3,(H,20,24)(H,21,25). The highest BCUT2D eigenvalue weighted by Gasteiger charge is 2.15. The molecule has 0 aliphatic heterocycles. The molecular weight excluding hydrogens is 332 g/mol. The molecule has 0 saturated heterocycles. The molecule has 0 aliphatic carbocycles. The van der Waals surface area contributed by atoms with E-state index in [1.165, 1.54) is 0 Å². The molecule has 0 fully saturated rings. The van der Waals surface area contributed by atoms with E-state index >= 15 is 0 Å². The van der Waals surface area contributed by atoms with Crippen LogP contribution in [0.25, 0.3) is 5.69 Å². The average Bonchev–Trinajstić information content (AvgIpc) is 3.08. The van der Waals surface area contributed by atoms with Crippen LogP contribution in [0.15, 0.2) is 42.7 Å². The molecule has 2 N–H and O–H groups in total. The number of alkyl carbamates (subject to hydrolysis) is 1. The van der Waals surface area contributed by atoms with Gasteiger partial charge in [-0.15, -0.1) is 0 Å². The molecule has 7 nitrogen and oxygen atoms in total. The Morgan fingerprint density at radius 1 is 1.12 bits per heavy atom. The second-order valence-corrected chi connectivity index (χ2v) is 6.90. The Labute approximate surface area is 153 Å². The molecule has 26 heavy (non-hydrogen) atoms. The van der Waals surface area contributed by atoms with Gasteiger partial charge >= 0.3 is 6.09 Å². The van der Waals surface area contributed by atoms with Crippen LogP contribution < -0.4 is 10.6 Å². The first-order valence-electron chi connectivity index (χ1n) is 8.66. The van der Waals surface area contributed by atoms with Gasteiger partial charge in [0.25, 0.3) is 0 Å². The van der Waals surface area contributed by atoms with Crippen molar-refractivity contribution in [3.8, 4) is 5.69 Å². The van der Waals surface area contributed by atoms with Gasteiger partial charge in [-0.3, -0.25) is 4.79 Å². The quantitative estimate of drug-likeness (QED) is 0.796. The van der Waals surface area contributed by atoms with Crippen molar-refractivity contribution in [2.24, 2.45) is 0 Å². The average molecular weight is 358 g/mol. The van der Waals surface area contributed by atoms with Crippen molar-refractivity contribution in [3.05, 3.63) is 48.3 Å². The van der Waals surface area contributed by atoms with Gasteiger partial charge in [-0.25, -0.2) is 9.48 Å². The zero-order valence-electron chi connectivity index (χ0n) is 15.5. The molecule has 0 aliphatic rings. The van der Waals surface area contributed by atoms with E-state index in [4.69, 9.17) is 4.74 Å². The lowest BCUT2D eigenvalue weighted by molar-refractivity contribution is -0.120. The zero-order valence-corrected chi connectivity index (χ0v) is 15.5. The minimum Gasteiger partial charge on any atom is -0.444 e. The van der Waals surface area contributed by atoms with Crippen molar-refractivity contribution in [2.45, 2.75) is 39.2 Å². The van der Waals surface area contributed by atoms with Gasteiger partial charge in [0.05, 0.1) is 5.69 Å². The summed E-state index contributed by atoms with van der Waals surface area (Å²) in [6, 6.07) is 9.91. The third-order valence-corrected chi connectivity index (χ3v) is 3.46. The fourth-order valence-corrected chi connectivity index (χ4v) is 2.26. The van der Waals surface area contributed by atoms with E-state index in [-0.39, 0.29) is 18.9 Å². The van der Waals surface area contributed by atoms with Gasteiger partial charge in [-0.05, 0) is 51.0 Å². The number of ether oxygens (including phenoxy) is 1. The molecule has 2 rings (SSSR count). The molecule has 2 amide bonds. The summed E-state index contributed by atoms with van der Waals surface area (Å²) < 4.78 is 6.90. The number of hydrogen-bond donors (Lipinski definition) is 2. The lowest BCUT2D eigenvalue weighted by atomic mass is 10.1. The van der Waals surface area contributed by atoms with E-state index in [1.54, 1.807) is 31.6 Å². The Bertz CT molecular complexity index is 703. The molecule has 0 spiro atoms. The van der Waals surface area contributed by atoms with Crippen LogP contribution in [0.2, 0.25) is 0 Å². The van der Waals surface area contributed by atoms with Crippen molar-refractivity contribution in [1.29, 1.82) is 0 Å². The number of aromatic nitrogens is 2. The molecule has 0 unspecified atom stereocenters. The van der Waals surface area contributed by atoms with E-state index in [1.807, 2.05) is 36.5 Å². The van der Waals surface area contributed by atoms with Crippen molar-refractivity contribution >= 4 is 12.0 Å². The van der Waals surface area contributed by atoms with Crippen molar-refractivity contribution in [2.75, 3.05) is 13.1 Å². The van der Waals surface area contributed by atoms with E-state index in [2.05, 4.69) is 15.7 Å². The third-order valence-electron chi connectivity index (χ3n) is 3.46. The highest BCUT2D eigenvalue weighted by molar-refractivity contribution is 5.77. The summed E-state index contributed by atoms with van der Waals surface area (Å²) in [5.41, 5.74) is 1.59. The van der Waals surface area contributed by atoms with Gasteiger partial charge in [-0.1, -0.05) is 12.1 Å². The van der Waals surface area contributed by atoms with E-state index < -0.39 is 11.7 Å². The van der Waals surface area contributed by atoms with Gasteiger partial charge in [-0.2, -0.15) is 5.10 Å². The molecule has 1 aromatic heterocycles. The monoisotopic (exact) mass is 358 g/mol. The summed E-state index contributed by atoms with van der Waals surface area (Å²) in [5.74, 6) is -0.103. The van der Waals surface area contributed by atoms with E-state index in [0.717, 1.165) is 17.7 Å². The van der Waals surface area contributed by atoms with Gasteiger partial charge in [0.2, 0.25) is 5.91 Å². The highest BCUT2D eigenvalue weighted by atomic mass is 16.6. The van der Waals surface area contributed by atoms with Gasteiger partial charge in [0, 0.05) is 31.9 Å². The van der Waals surface area contributed by atoms with Crippen LogP contribution in [0.5, 0.6) is 0 Å². The van der Waals surface area contributed by atoms with Crippen LogP contribution in [-0.4, -0.2) is 40.5 Å². The predicted molar refractivity (Wildman–Crippen MR) is 99.1 cm³/mol. The summed E-state index contributed by atoms with van der Waals surface area (Å²) in [7, 11) is 0. The van der Waals surface area contributed by atoms with E-state index in [9.17, 15) is 9.59 Å². The number of carbonyl (C=O) groups excluding carboxylic acids is 2. The summed E-state index contributed by atoms with van der Waals surface area (Å²) in [5, 5.41) is 9.60. The first-order chi connectivity index (χ1) is 12.3. The maximum absolute atomic E-state index is 11.8. The summed E-state index contributed by atoms with van der Waals surface area (Å²) >= 11 is 0. The highest BCUT2D eigenvalue weighted by Crippen LogP contribution is 2.09. The van der Waals surface area contributed by atoms with Crippen LogP contribution in [0, 0.1) is 0 Å². The molecule has 7 heteroatoms. The minimum atomic E-state index is -0.542. The number of nitrogens with one attached hydrogen (secondary N) is 2. The molecular formula is C19H26N4O3. The molecule has 1 aromatic carbocycles. The van der Waals surface area contributed by atoms with Crippen LogP contribution in [0.4, 0.5) is 4.79 Å². The number of amides is 2. The molecule has 2 aromatic rings. The van der Waals surface area contributed by atoms with Gasteiger partial charge < -0.3 is 15.4 Å². The first kappa shape index (κ1) is 19.5. The van der Waals surface area contributed by atoms with Crippen LogP contribution in [0.1, 0.15) is 32.8 Å². The number of carbonyl (C=O) groups is 2. The lowest BCUT2D eigenvalue weighted by Gasteiger charge is -2.19.